The van der Waals surface area contributed by atoms with Crippen LogP contribution in [-0.4, -0.2) is 47.5 Å². The van der Waals surface area contributed by atoms with Crippen LogP contribution in [0.15, 0.2) is 0 Å². The summed E-state index contributed by atoms with van der Waals surface area (Å²) < 4.78 is 0. The van der Waals surface area contributed by atoms with E-state index >= 15 is 0 Å². The molecule has 1 atom stereocenters. The summed E-state index contributed by atoms with van der Waals surface area (Å²) in [6.45, 7) is 15.0. The summed E-state index contributed by atoms with van der Waals surface area (Å²) in [6, 6.07) is 0. The standard InChI is InChI=1S/C18H39P3/c1-7-19(8-2)17-15-13-14-16-18(17,20(9-3)10-4)21(11-5)12-6/h17H,7-16H2,1-6H3. The zero-order valence-electron chi connectivity index (χ0n) is 15.5. The summed E-state index contributed by atoms with van der Waals surface area (Å²) in [5.74, 6) is 0. The van der Waals surface area contributed by atoms with E-state index in [-0.39, 0.29) is 23.8 Å². The van der Waals surface area contributed by atoms with Gasteiger partial charge < -0.3 is 0 Å². The lowest BCUT2D eigenvalue weighted by Crippen LogP contribution is -2.43. The first-order valence-corrected chi connectivity index (χ1v) is 14.6. The molecule has 0 amide bonds. The molecule has 1 unspecified atom stereocenters. The van der Waals surface area contributed by atoms with Gasteiger partial charge >= 0.3 is 0 Å². The minimum atomic E-state index is 0.252. The third-order valence-electron chi connectivity index (χ3n) is 5.68. The van der Waals surface area contributed by atoms with Gasteiger partial charge in [0.25, 0.3) is 0 Å². The summed E-state index contributed by atoms with van der Waals surface area (Å²) in [7, 11) is 0.787. The lowest BCUT2D eigenvalue weighted by molar-refractivity contribution is 0.484. The average molecular weight is 348 g/mol. The van der Waals surface area contributed by atoms with Crippen LogP contribution in [0.1, 0.15) is 67.2 Å². The fraction of sp³-hybridized carbons (Fsp3) is 1.00. The first-order chi connectivity index (χ1) is 10.2. The number of hydrogen-bond acceptors (Lipinski definition) is 0. The Morgan fingerprint density at radius 1 is 0.714 bits per heavy atom. The second kappa shape index (κ2) is 10.2. The van der Waals surface area contributed by atoms with Gasteiger partial charge in [-0.3, -0.25) is 0 Å². The lowest BCUT2D eigenvalue weighted by atomic mass is 9.99. The minimum absolute atomic E-state index is 0.252. The monoisotopic (exact) mass is 348 g/mol. The van der Waals surface area contributed by atoms with Gasteiger partial charge in [-0.1, -0.05) is 70.2 Å². The highest BCUT2D eigenvalue weighted by molar-refractivity contribution is 7.79. The van der Waals surface area contributed by atoms with Crippen LogP contribution in [0.25, 0.3) is 0 Å². The van der Waals surface area contributed by atoms with E-state index < -0.39 is 0 Å². The Morgan fingerprint density at radius 3 is 1.57 bits per heavy atom. The van der Waals surface area contributed by atoms with Crippen LogP contribution in [0.5, 0.6) is 0 Å². The molecule has 0 bridgehead atoms. The van der Waals surface area contributed by atoms with Crippen molar-refractivity contribution < 1.29 is 0 Å². The van der Waals surface area contributed by atoms with Gasteiger partial charge in [-0.15, -0.1) is 7.92 Å². The first kappa shape index (κ1) is 20.3. The van der Waals surface area contributed by atoms with Gasteiger partial charge in [-0.25, -0.2) is 0 Å². The zero-order chi connectivity index (χ0) is 15.9. The van der Waals surface area contributed by atoms with Gasteiger partial charge in [0.2, 0.25) is 0 Å². The third kappa shape index (κ3) is 4.23. The molecule has 0 aromatic rings. The summed E-state index contributed by atoms with van der Waals surface area (Å²) >= 11 is 0. The van der Waals surface area contributed by atoms with Crippen molar-refractivity contribution in [1.29, 1.82) is 0 Å². The van der Waals surface area contributed by atoms with Crippen molar-refractivity contribution in [2.24, 2.45) is 0 Å². The maximum Gasteiger partial charge on any atom is 0.0173 e. The van der Waals surface area contributed by atoms with Crippen LogP contribution in [0.2, 0.25) is 0 Å². The fourth-order valence-corrected chi connectivity index (χ4v) is 17.7. The Balaban J connectivity index is 3.27. The zero-order valence-corrected chi connectivity index (χ0v) is 18.2. The maximum absolute atomic E-state index is 2.50. The van der Waals surface area contributed by atoms with Crippen LogP contribution in [0.4, 0.5) is 0 Å². The van der Waals surface area contributed by atoms with Crippen LogP contribution < -0.4 is 0 Å². The smallest absolute Gasteiger partial charge is 0.0173 e. The van der Waals surface area contributed by atoms with Gasteiger partial charge in [0.05, 0.1) is 0 Å². The maximum atomic E-state index is 2.50. The Labute approximate surface area is 138 Å². The van der Waals surface area contributed by atoms with E-state index in [4.69, 9.17) is 0 Å². The number of rotatable bonds is 9. The molecule has 0 N–H and O–H groups in total. The largest absolute Gasteiger partial charge is 0.103 e. The van der Waals surface area contributed by atoms with Crippen LogP contribution in [0, 0.1) is 0 Å². The molecule has 0 saturated heterocycles. The molecule has 126 valence electrons. The second-order valence-corrected chi connectivity index (χ2v) is 15.9. The van der Waals surface area contributed by atoms with Gasteiger partial charge in [0.15, 0.2) is 0 Å². The highest BCUT2D eigenvalue weighted by atomic mass is 31.2. The molecule has 1 fully saturated rings. The SMILES string of the molecule is CCP(CC)C1CCCCC1(P(CC)CC)P(CC)CC. The van der Waals surface area contributed by atoms with Crippen molar-refractivity contribution in [2.75, 3.05) is 37.0 Å². The predicted molar refractivity (Wildman–Crippen MR) is 109 cm³/mol. The van der Waals surface area contributed by atoms with E-state index in [1.807, 2.05) is 0 Å². The predicted octanol–water partition coefficient (Wildman–Crippen LogP) is 7.19. The molecule has 1 saturated carbocycles. The Kier molecular flexibility index (Phi) is 9.89. The Hall–Kier alpha value is 1.29. The molecule has 0 aromatic carbocycles. The highest BCUT2D eigenvalue weighted by Crippen LogP contribution is 2.76. The number of hydrogen-bond donors (Lipinski definition) is 0. The van der Waals surface area contributed by atoms with Crippen molar-refractivity contribution in [2.45, 2.75) is 77.8 Å². The van der Waals surface area contributed by atoms with Crippen molar-refractivity contribution >= 4 is 23.8 Å². The summed E-state index contributed by atoms with van der Waals surface area (Å²) in [4.78, 5) is 0.813. The molecular formula is C18H39P3. The molecule has 1 aliphatic carbocycles. The Bertz CT molecular complexity index is 256. The molecule has 1 aliphatic rings. The molecule has 0 aromatic heterocycles. The lowest BCUT2D eigenvalue weighted by Gasteiger charge is -2.56. The quantitative estimate of drug-likeness (QED) is 0.387. The normalized spacial score (nSPS) is 22.4. The van der Waals surface area contributed by atoms with Crippen LogP contribution in [0.3, 0.4) is 0 Å². The van der Waals surface area contributed by atoms with Gasteiger partial charge in [-0.2, -0.15) is 0 Å². The molecule has 21 heavy (non-hydrogen) atoms. The summed E-state index contributed by atoms with van der Waals surface area (Å²) in [5.41, 5.74) is 1.12. The van der Waals surface area contributed by atoms with Crippen LogP contribution >= 0.6 is 23.8 Å². The van der Waals surface area contributed by atoms with Crippen molar-refractivity contribution in [1.82, 2.24) is 0 Å². The van der Waals surface area contributed by atoms with E-state index in [2.05, 4.69) is 41.5 Å². The molecule has 3 heteroatoms. The molecule has 0 radical (unpaired) electrons. The minimum Gasteiger partial charge on any atom is -0.103 e. The second-order valence-electron chi connectivity index (χ2n) is 6.21. The van der Waals surface area contributed by atoms with Crippen molar-refractivity contribution in [3.63, 3.8) is 0 Å². The van der Waals surface area contributed by atoms with E-state index in [1.54, 1.807) is 12.8 Å². The van der Waals surface area contributed by atoms with E-state index in [9.17, 15) is 0 Å². The molecule has 0 heterocycles. The van der Waals surface area contributed by atoms with E-state index in [0.29, 0.717) is 0 Å². The van der Waals surface area contributed by atoms with Crippen molar-refractivity contribution in [3.8, 4) is 0 Å². The van der Waals surface area contributed by atoms with Gasteiger partial charge in [0, 0.05) is 4.90 Å². The third-order valence-corrected chi connectivity index (χ3v) is 17.3. The van der Waals surface area contributed by atoms with E-state index in [0.717, 1.165) is 10.6 Å². The molecule has 0 nitrogen and oxygen atoms in total. The topological polar surface area (TPSA) is 0 Å². The first-order valence-electron chi connectivity index (χ1n) is 9.40. The van der Waals surface area contributed by atoms with Crippen LogP contribution in [-0.2, 0) is 0 Å². The summed E-state index contributed by atoms with van der Waals surface area (Å²) in [5, 5.41) is 0. The Morgan fingerprint density at radius 2 is 1.19 bits per heavy atom. The molecule has 0 aliphatic heterocycles. The summed E-state index contributed by atoms with van der Waals surface area (Å²) in [6.07, 6.45) is 15.1. The molecule has 0 spiro atoms. The van der Waals surface area contributed by atoms with Gasteiger partial charge in [0.1, 0.15) is 0 Å². The highest BCUT2D eigenvalue weighted by Gasteiger charge is 2.50. The average Bonchev–Trinajstić information content (AvgIpc) is 2.52. The van der Waals surface area contributed by atoms with E-state index in [1.165, 1.54) is 49.8 Å². The fourth-order valence-electron chi connectivity index (χ4n) is 4.74. The van der Waals surface area contributed by atoms with Crippen molar-refractivity contribution in [3.05, 3.63) is 0 Å². The molecule has 1 rings (SSSR count). The van der Waals surface area contributed by atoms with Gasteiger partial charge in [-0.05, 0) is 55.5 Å². The molecular weight excluding hydrogens is 309 g/mol.